The Morgan fingerprint density at radius 1 is 1.04 bits per heavy atom. The number of benzene rings is 2. The number of aromatic nitrogens is 1. The fraction of sp³-hybridized carbons (Fsp3) is 0. The standard InChI is InChI=1S/C16H11Cl2N3OS/c17-13-5-4-12(9-14(13)18)20-15(22)10-2-1-3-11(8-10)21-16-19-6-7-23-16/h1-9H,(H,19,21)(H,20,22). The maximum Gasteiger partial charge on any atom is 0.255 e. The summed E-state index contributed by atoms with van der Waals surface area (Å²) in [7, 11) is 0. The van der Waals surface area contributed by atoms with Crippen LogP contribution < -0.4 is 10.6 Å². The predicted octanol–water partition coefficient (Wildman–Crippen LogP) is 5.45. The number of nitrogens with zero attached hydrogens (tertiary/aromatic N) is 1. The van der Waals surface area contributed by atoms with E-state index in [2.05, 4.69) is 15.6 Å². The fourth-order valence-corrected chi connectivity index (χ4v) is 2.77. The zero-order chi connectivity index (χ0) is 16.2. The van der Waals surface area contributed by atoms with Gasteiger partial charge >= 0.3 is 0 Å². The Kier molecular flexibility index (Phi) is 4.81. The molecule has 23 heavy (non-hydrogen) atoms. The third kappa shape index (κ3) is 4.01. The van der Waals surface area contributed by atoms with Crippen molar-refractivity contribution in [1.82, 2.24) is 4.98 Å². The van der Waals surface area contributed by atoms with Gasteiger partial charge in [-0.3, -0.25) is 4.79 Å². The van der Waals surface area contributed by atoms with E-state index in [4.69, 9.17) is 23.2 Å². The van der Waals surface area contributed by atoms with Crippen molar-refractivity contribution in [2.24, 2.45) is 0 Å². The van der Waals surface area contributed by atoms with Crippen molar-refractivity contribution in [3.05, 3.63) is 69.7 Å². The van der Waals surface area contributed by atoms with E-state index in [9.17, 15) is 4.79 Å². The molecule has 1 heterocycles. The van der Waals surface area contributed by atoms with Crippen LogP contribution in [0.4, 0.5) is 16.5 Å². The molecule has 0 aliphatic heterocycles. The highest BCUT2D eigenvalue weighted by molar-refractivity contribution is 7.13. The zero-order valence-corrected chi connectivity index (χ0v) is 14.0. The molecule has 0 bridgehead atoms. The third-order valence-electron chi connectivity index (χ3n) is 2.99. The van der Waals surface area contributed by atoms with Crippen molar-refractivity contribution in [2.75, 3.05) is 10.6 Å². The number of carbonyl (C=O) groups is 1. The van der Waals surface area contributed by atoms with Gasteiger partial charge in [0.05, 0.1) is 10.0 Å². The van der Waals surface area contributed by atoms with Crippen LogP contribution in [0.25, 0.3) is 0 Å². The van der Waals surface area contributed by atoms with Gasteiger partial charge in [-0.2, -0.15) is 0 Å². The maximum absolute atomic E-state index is 12.3. The quantitative estimate of drug-likeness (QED) is 0.648. The summed E-state index contributed by atoms with van der Waals surface area (Å²) in [6.07, 6.45) is 1.72. The number of amides is 1. The van der Waals surface area contributed by atoms with Crippen LogP contribution in [0.15, 0.2) is 54.0 Å². The molecule has 1 aromatic heterocycles. The van der Waals surface area contributed by atoms with Gasteiger partial charge in [-0.15, -0.1) is 11.3 Å². The number of hydrogen-bond acceptors (Lipinski definition) is 4. The van der Waals surface area contributed by atoms with E-state index in [1.54, 1.807) is 42.6 Å². The molecule has 0 saturated heterocycles. The van der Waals surface area contributed by atoms with Crippen LogP contribution in [0, 0.1) is 0 Å². The average molecular weight is 364 g/mol. The van der Waals surface area contributed by atoms with Crippen molar-refractivity contribution in [2.45, 2.75) is 0 Å². The van der Waals surface area contributed by atoms with Gasteiger partial charge in [0.2, 0.25) is 0 Å². The van der Waals surface area contributed by atoms with Crippen LogP contribution in [0.1, 0.15) is 10.4 Å². The molecule has 2 aromatic carbocycles. The highest BCUT2D eigenvalue weighted by Gasteiger charge is 2.08. The van der Waals surface area contributed by atoms with Crippen LogP contribution in [0.5, 0.6) is 0 Å². The van der Waals surface area contributed by atoms with Crippen LogP contribution in [0.2, 0.25) is 10.0 Å². The van der Waals surface area contributed by atoms with E-state index in [0.29, 0.717) is 21.3 Å². The second-order valence-electron chi connectivity index (χ2n) is 4.63. The van der Waals surface area contributed by atoms with Crippen molar-refractivity contribution in [1.29, 1.82) is 0 Å². The molecule has 4 nitrogen and oxygen atoms in total. The number of anilines is 3. The molecular weight excluding hydrogens is 353 g/mol. The Morgan fingerprint density at radius 3 is 2.65 bits per heavy atom. The molecule has 116 valence electrons. The summed E-state index contributed by atoms with van der Waals surface area (Å²) in [4.78, 5) is 16.5. The highest BCUT2D eigenvalue weighted by Crippen LogP contribution is 2.25. The first kappa shape index (κ1) is 15.8. The molecule has 1 amide bonds. The molecule has 3 rings (SSSR count). The van der Waals surface area contributed by atoms with Crippen molar-refractivity contribution in [3.8, 4) is 0 Å². The third-order valence-corrected chi connectivity index (χ3v) is 4.41. The molecule has 0 saturated carbocycles. The molecule has 0 unspecified atom stereocenters. The first-order valence-electron chi connectivity index (χ1n) is 6.65. The number of hydrogen-bond donors (Lipinski definition) is 2. The van der Waals surface area contributed by atoms with Crippen LogP contribution in [-0.2, 0) is 0 Å². The molecule has 0 aliphatic carbocycles. The second kappa shape index (κ2) is 7.00. The lowest BCUT2D eigenvalue weighted by atomic mass is 10.2. The predicted molar refractivity (Wildman–Crippen MR) is 96.3 cm³/mol. The minimum Gasteiger partial charge on any atom is -0.332 e. The monoisotopic (exact) mass is 363 g/mol. The Bertz CT molecular complexity index is 837. The fourth-order valence-electron chi connectivity index (χ4n) is 1.92. The van der Waals surface area contributed by atoms with Gasteiger partial charge in [0.15, 0.2) is 5.13 Å². The Labute approximate surface area is 147 Å². The molecule has 0 spiro atoms. The Balaban J connectivity index is 1.75. The van der Waals surface area contributed by atoms with Crippen molar-refractivity contribution < 1.29 is 4.79 Å². The number of rotatable bonds is 4. The molecule has 7 heteroatoms. The SMILES string of the molecule is O=C(Nc1ccc(Cl)c(Cl)c1)c1cccc(Nc2nccs2)c1. The summed E-state index contributed by atoms with van der Waals surface area (Å²) in [6, 6.07) is 12.1. The van der Waals surface area contributed by atoms with Gasteiger partial charge in [-0.1, -0.05) is 29.3 Å². The van der Waals surface area contributed by atoms with E-state index in [-0.39, 0.29) is 5.91 Å². The normalized spacial score (nSPS) is 10.3. The topological polar surface area (TPSA) is 54.0 Å². The molecule has 0 atom stereocenters. The van der Waals surface area contributed by atoms with Crippen LogP contribution in [0.3, 0.4) is 0 Å². The van der Waals surface area contributed by atoms with Gasteiger partial charge in [0.25, 0.3) is 5.91 Å². The first-order chi connectivity index (χ1) is 11.1. The summed E-state index contributed by atoms with van der Waals surface area (Å²) in [5.41, 5.74) is 1.90. The minimum absolute atomic E-state index is 0.230. The van der Waals surface area contributed by atoms with Crippen molar-refractivity contribution >= 4 is 57.0 Å². The molecule has 3 aromatic rings. The number of nitrogens with one attached hydrogen (secondary N) is 2. The van der Waals surface area contributed by atoms with Gasteiger partial charge in [0, 0.05) is 28.5 Å². The van der Waals surface area contributed by atoms with Gasteiger partial charge in [-0.05, 0) is 36.4 Å². The largest absolute Gasteiger partial charge is 0.332 e. The van der Waals surface area contributed by atoms with E-state index in [0.717, 1.165) is 10.8 Å². The van der Waals surface area contributed by atoms with E-state index >= 15 is 0 Å². The van der Waals surface area contributed by atoms with E-state index < -0.39 is 0 Å². The lowest BCUT2D eigenvalue weighted by molar-refractivity contribution is 0.102. The summed E-state index contributed by atoms with van der Waals surface area (Å²) in [6.45, 7) is 0. The second-order valence-corrected chi connectivity index (χ2v) is 6.34. The zero-order valence-electron chi connectivity index (χ0n) is 11.7. The minimum atomic E-state index is -0.230. The van der Waals surface area contributed by atoms with Gasteiger partial charge < -0.3 is 10.6 Å². The molecule has 0 aliphatic rings. The van der Waals surface area contributed by atoms with Crippen LogP contribution in [-0.4, -0.2) is 10.9 Å². The summed E-state index contributed by atoms with van der Waals surface area (Å²) in [5, 5.41) is 9.42. The lowest BCUT2D eigenvalue weighted by Crippen LogP contribution is -2.12. The van der Waals surface area contributed by atoms with Gasteiger partial charge in [0.1, 0.15) is 0 Å². The maximum atomic E-state index is 12.3. The van der Waals surface area contributed by atoms with E-state index in [1.165, 1.54) is 11.3 Å². The lowest BCUT2D eigenvalue weighted by Gasteiger charge is -2.08. The summed E-state index contributed by atoms with van der Waals surface area (Å²) >= 11 is 13.3. The van der Waals surface area contributed by atoms with Crippen molar-refractivity contribution in [3.63, 3.8) is 0 Å². The first-order valence-corrected chi connectivity index (χ1v) is 8.28. The molecule has 0 radical (unpaired) electrons. The number of halogens is 2. The Hall–Kier alpha value is -2.08. The van der Waals surface area contributed by atoms with Gasteiger partial charge in [-0.25, -0.2) is 4.98 Å². The highest BCUT2D eigenvalue weighted by atomic mass is 35.5. The summed E-state index contributed by atoms with van der Waals surface area (Å²) < 4.78 is 0. The Morgan fingerprint density at radius 2 is 1.91 bits per heavy atom. The summed E-state index contributed by atoms with van der Waals surface area (Å²) in [5.74, 6) is -0.230. The van der Waals surface area contributed by atoms with E-state index in [1.807, 2.05) is 11.4 Å². The van der Waals surface area contributed by atoms with Crippen LogP contribution >= 0.6 is 34.5 Å². The number of carbonyl (C=O) groups excluding carboxylic acids is 1. The smallest absolute Gasteiger partial charge is 0.255 e. The number of thiazole rings is 1. The molecule has 2 N–H and O–H groups in total. The molecular formula is C16H11Cl2N3OS. The molecule has 0 fully saturated rings. The average Bonchev–Trinajstić information content (AvgIpc) is 3.04.